The molecule has 2 aromatic carbocycles. The fraction of sp³-hybridized carbons (Fsp3) is 0.0909. The highest BCUT2D eigenvalue weighted by Gasteiger charge is 2.23. The Morgan fingerprint density at radius 2 is 1.50 bits per heavy atom. The van der Waals surface area contributed by atoms with Crippen LogP contribution in [0.4, 0.5) is 0 Å². The van der Waals surface area contributed by atoms with Crippen LogP contribution in [-0.2, 0) is 0 Å². The van der Waals surface area contributed by atoms with E-state index >= 15 is 0 Å². The summed E-state index contributed by atoms with van der Waals surface area (Å²) in [4.78, 5) is 0. The van der Waals surface area contributed by atoms with Crippen molar-refractivity contribution in [2.45, 2.75) is 12.8 Å². The maximum absolute atomic E-state index is 6.19. The summed E-state index contributed by atoms with van der Waals surface area (Å²) in [7, 11) is 0. The summed E-state index contributed by atoms with van der Waals surface area (Å²) in [5.41, 5.74) is 3.47. The molecule has 118 valence electrons. The second kappa shape index (κ2) is 6.25. The lowest BCUT2D eigenvalue weighted by atomic mass is 9.94. The SMILES string of the molecule is Cc1ccc(-c2ccc(C(c3ccccc3)c3ccco3)o2)cc1. The molecule has 2 aromatic heterocycles. The van der Waals surface area contributed by atoms with E-state index in [1.807, 2.05) is 42.5 Å². The van der Waals surface area contributed by atoms with E-state index in [0.29, 0.717) is 0 Å². The lowest BCUT2D eigenvalue weighted by molar-refractivity contribution is 0.455. The molecule has 0 bridgehead atoms. The summed E-state index contributed by atoms with van der Waals surface area (Å²) in [6.07, 6.45) is 1.70. The lowest BCUT2D eigenvalue weighted by Crippen LogP contribution is -2.00. The number of furan rings is 2. The van der Waals surface area contributed by atoms with Gasteiger partial charge >= 0.3 is 0 Å². The van der Waals surface area contributed by atoms with E-state index in [2.05, 4.69) is 43.3 Å². The molecule has 2 nitrogen and oxygen atoms in total. The van der Waals surface area contributed by atoms with Crippen molar-refractivity contribution in [3.63, 3.8) is 0 Å². The average molecular weight is 314 g/mol. The van der Waals surface area contributed by atoms with Gasteiger partial charge in [-0.2, -0.15) is 0 Å². The first kappa shape index (κ1) is 14.6. The Morgan fingerprint density at radius 1 is 0.708 bits per heavy atom. The molecule has 0 saturated heterocycles. The average Bonchev–Trinajstić information content (AvgIpc) is 3.30. The van der Waals surface area contributed by atoms with Gasteiger partial charge in [0.25, 0.3) is 0 Å². The smallest absolute Gasteiger partial charge is 0.134 e. The van der Waals surface area contributed by atoms with Crippen LogP contribution in [0.5, 0.6) is 0 Å². The molecule has 2 heterocycles. The van der Waals surface area contributed by atoms with Gasteiger partial charge in [-0.05, 0) is 36.8 Å². The molecule has 0 spiro atoms. The third-order valence-electron chi connectivity index (χ3n) is 4.21. The molecule has 4 rings (SSSR count). The Balaban J connectivity index is 1.76. The van der Waals surface area contributed by atoms with Crippen LogP contribution in [0, 0.1) is 6.92 Å². The van der Waals surface area contributed by atoms with Gasteiger partial charge in [0.05, 0.1) is 6.26 Å². The van der Waals surface area contributed by atoms with Gasteiger partial charge in [0.1, 0.15) is 23.2 Å². The molecule has 0 N–H and O–H groups in total. The third kappa shape index (κ3) is 2.79. The van der Waals surface area contributed by atoms with Crippen molar-refractivity contribution in [2.75, 3.05) is 0 Å². The Hall–Kier alpha value is -3.00. The summed E-state index contributed by atoms with van der Waals surface area (Å²) in [6.45, 7) is 2.08. The van der Waals surface area contributed by atoms with Crippen molar-refractivity contribution >= 4 is 0 Å². The van der Waals surface area contributed by atoms with Gasteiger partial charge < -0.3 is 8.83 Å². The second-order valence-corrected chi connectivity index (χ2v) is 5.93. The van der Waals surface area contributed by atoms with Crippen molar-refractivity contribution in [3.8, 4) is 11.3 Å². The van der Waals surface area contributed by atoms with Gasteiger partial charge in [0.15, 0.2) is 0 Å². The van der Waals surface area contributed by atoms with E-state index in [9.17, 15) is 0 Å². The quantitative estimate of drug-likeness (QED) is 0.460. The first-order valence-electron chi connectivity index (χ1n) is 8.06. The molecule has 0 aliphatic rings. The molecule has 1 atom stereocenters. The highest BCUT2D eigenvalue weighted by Crippen LogP contribution is 2.35. The van der Waals surface area contributed by atoms with Gasteiger partial charge in [-0.3, -0.25) is 0 Å². The summed E-state index contributed by atoms with van der Waals surface area (Å²) >= 11 is 0. The largest absolute Gasteiger partial charge is 0.468 e. The number of rotatable bonds is 4. The van der Waals surface area contributed by atoms with E-state index in [4.69, 9.17) is 8.83 Å². The van der Waals surface area contributed by atoms with Gasteiger partial charge in [-0.1, -0.05) is 60.2 Å². The Labute approximate surface area is 141 Å². The van der Waals surface area contributed by atoms with Crippen LogP contribution in [0.2, 0.25) is 0 Å². The highest BCUT2D eigenvalue weighted by molar-refractivity contribution is 5.58. The minimum atomic E-state index is -0.0413. The van der Waals surface area contributed by atoms with E-state index in [0.717, 1.165) is 28.4 Å². The minimum absolute atomic E-state index is 0.0413. The van der Waals surface area contributed by atoms with E-state index in [1.165, 1.54) is 5.56 Å². The number of hydrogen-bond donors (Lipinski definition) is 0. The zero-order valence-electron chi connectivity index (χ0n) is 13.5. The molecule has 0 aliphatic carbocycles. The molecular weight excluding hydrogens is 296 g/mol. The maximum atomic E-state index is 6.19. The van der Waals surface area contributed by atoms with Crippen LogP contribution in [0.1, 0.15) is 28.6 Å². The van der Waals surface area contributed by atoms with E-state index in [1.54, 1.807) is 6.26 Å². The zero-order chi connectivity index (χ0) is 16.4. The second-order valence-electron chi connectivity index (χ2n) is 5.93. The van der Waals surface area contributed by atoms with Crippen LogP contribution < -0.4 is 0 Å². The lowest BCUT2D eigenvalue weighted by Gasteiger charge is -2.12. The fourth-order valence-corrected chi connectivity index (χ4v) is 2.95. The topological polar surface area (TPSA) is 26.3 Å². The van der Waals surface area contributed by atoms with Crippen molar-refractivity contribution in [1.29, 1.82) is 0 Å². The van der Waals surface area contributed by atoms with Crippen molar-refractivity contribution < 1.29 is 8.83 Å². The summed E-state index contributed by atoms with van der Waals surface area (Å²) in [5, 5.41) is 0. The van der Waals surface area contributed by atoms with Crippen LogP contribution in [-0.4, -0.2) is 0 Å². The Bertz CT molecular complexity index is 900. The molecule has 0 aliphatic heterocycles. The number of aryl methyl sites for hydroxylation is 1. The standard InChI is InChI=1S/C22H18O2/c1-16-9-11-17(12-10-16)19-13-14-21(24-19)22(20-8-5-15-23-20)18-6-3-2-4-7-18/h2-15,22H,1H3. The predicted molar refractivity (Wildman–Crippen MR) is 95.0 cm³/mol. The zero-order valence-corrected chi connectivity index (χ0v) is 13.5. The molecule has 0 fully saturated rings. The van der Waals surface area contributed by atoms with E-state index in [-0.39, 0.29) is 5.92 Å². The molecule has 2 heteroatoms. The predicted octanol–water partition coefficient (Wildman–Crippen LogP) is 6.03. The van der Waals surface area contributed by atoms with Crippen molar-refractivity contribution in [2.24, 2.45) is 0 Å². The minimum Gasteiger partial charge on any atom is -0.468 e. The summed E-state index contributed by atoms with van der Waals surface area (Å²) in [6, 6.07) is 26.6. The van der Waals surface area contributed by atoms with Crippen LogP contribution in [0.25, 0.3) is 11.3 Å². The van der Waals surface area contributed by atoms with Gasteiger partial charge in [-0.15, -0.1) is 0 Å². The molecule has 0 radical (unpaired) electrons. The van der Waals surface area contributed by atoms with Crippen molar-refractivity contribution in [3.05, 3.63) is 108 Å². The molecule has 0 amide bonds. The fourth-order valence-electron chi connectivity index (χ4n) is 2.95. The normalized spacial score (nSPS) is 12.2. The summed E-state index contributed by atoms with van der Waals surface area (Å²) in [5.74, 6) is 2.59. The van der Waals surface area contributed by atoms with E-state index < -0.39 is 0 Å². The number of hydrogen-bond acceptors (Lipinski definition) is 2. The Kier molecular flexibility index (Phi) is 3.80. The van der Waals surface area contributed by atoms with Gasteiger partial charge in [0.2, 0.25) is 0 Å². The van der Waals surface area contributed by atoms with Gasteiger partial charge in [0, 0.05) is 5.56 Å². The molecule has 1 unspecified atom stereocenters. The first-order valence-corrected chi connectivity index (χ1v) is 8.06. The first-order chi connectivity index (χ1) is 11.8. The molecule has 0 saturated carbocycles. The molecular formula is C22H18O2. The summed E-state index contributed by atoms with van der Waals surface area (Å²) < 4.78 is 11.9. The maximum Gasteiger partial charge on any atom is 0.134 e. The Morgan fingerprint density at radius 3 is 2.21 bits per heavy atom. The molecule has 24 heavy (non-hydrogen) atoms. The highest BCUT2D eigenvalue weighted by atomic mass is 16.4. The van der Waals surface area contributed by atoms with Crippen LogP contribution in [0.3, 0.4) is 0 Å². The number of benzene rings is 2. The van der Waals surface area contributed by atoms with Crippen LogP contribution >= 0.6 is 0 Å². The van der Waals surface area contributed by atoms with Crippen molar-refractivity contribution in [1.82, 2.24) is 0 Å². The third-order valence-corrected chi connectivity index (χ3v) is 4.21. The monoisotopic (exact) mass is 314 g/mol. The molecule has 4 aromatic rings. The van der Waals surface area contributed by atoms with Crippen LogP contribution in [0.15, 0.2) is 94.0 Å². The van der Waals surface area contributed by atoms with Gasteiger partial charge in [-0.25, -0.2) is 0 Å².